The number of amides is 2. The molecule has 1 saturated heterocycles. The summed E-state index contributed by atoms with van der Waals surface area (Å²) in [7, 11) is 0. The molecule has 1 atom stereocenters. The van der Waals surface area contributed by atoms with E-state index in [1.165, 1.54) is 0 Å². The molecule has 2 N–H and O–H groups in total. The highest BCUT2D eigenvalue weighted by atomic mass is 16.4. The Bertz CT molecular complexity index is 528. The summed E-state index contributed by atoms with van der Waals surface area (Å²) in [6.07, 6.45) is 0.889. The van der Waals surface area contributed by atoms with Crippen molar-refractivity contribution in [1.29, 1.82) is 0 Å². The van der Waals surface area contributed by atoms with Gasteiger partial charge in [-0.2, -0.15) is 0 Å². The van der Waals surface area contributed by atoms with E-state index in [1.54, 1.807) is 4.90 Å². The maximum absolute atomic E-state index is 12.2. The number of aryl methyl sites for hydroxylation is 1. The summed E-state index contributed by atoms with van der Waals surface area (Å²) in [5.41, 5.74) is 3.01. The van der Waals surface area contributed by atoms with Crippen LogP contribution in [0.25, 0.3) is 0 Å². The van der Waals surface area contributed by atoms with E-state index >= 15 is 0 Å². The minimum atomic E-state index is -0.799. The molecule has 1 aromatic rings. The van der Waals surface area contributed by atoms with Gasteiger partial charge >= 0.3 is 12.0 Å². The number of nitrogens with zero attached hydrogens (tertiary/aromatic N) is 1. The molecule has 108 valence electrons. The van der Waals surface area contributed by atoms with Crippen LogP contribution >= 0.6 is 0 Å². The lowest BCUT2D eigenvalue weighted by molar-refractivity contribution is -0.138. The number of carbonyl (C=O) groups is 2. The Kier molecular flexibility index (Phi) is 4.27. The zero-order valence-electron chi connectivity index (χ0n) is 11.8. The average molecular weight is 276 g/mol. The molecule has 0 saturated carbocycles. The Balaban J connectivity index is 1.96. The van der Waals surface area contributed by atoms with Gasteiger partial charge in [-0.3, -0.25) is 4.79 Å². The lowest BCUT2D eigenvalue weighted by Crippen LogP contribution is -2.33. The number of hydrogen-bond acceptors (Lipinski definition) is 2. The molecule has 0 aliphatic carbocycles. The van der Waals surface area contributed by atoms with Crippen LogP contribution in [0.4, 0.5) is 10.5 Å². The van der Waals surface area contributed by atoms with E-state index < -0.39 is 5.97 Å². The fourth-order valence-electron chi connectivity index (χ4n) is 2.51. The van der Waals surface area contributed by atoms with Crippen LogP contribution in [0.1, 0.15) is 24.0 Å². The fraction of sp³-hybridized carbons (Fsp3) is 0.467. The topological polar surface area (TPSA) is 69.6 Å². The molecule has 20 heavy (non-hydrogen) atoms. The van der Waals surface area contributed by atoms with Gasteiger partial charge in [0.15, 0.2) is 0 Å². The molecule has 1 fully saturated rings. The van der Waals surface area contributed by atoms with E-state index in [-0.39, 0.29) is 18.4 Å². The van der Waals surface area contributed by atoms with Crippen molar-refractivity contribution in [3.63, 3.8) is 0 Å². The van der Waals surface area contributed by atoms with Crippen molar-refractivity contribution >= 4 is 17.7 Å². The maximum atomic E-state index is 12.2. The van der Waals surface area contributed by atoms with E-state index in [1.807, 2.05) is 32.0 Å². The Morgan fingerprint density at radius 1 is 1.40 bits per heavy atom. The predicted molar refractivity (Wildman–Crippen MR) is 76.9 cm³/mol. The maximum Gasteiger partial charge on any atom is 0.321 e. The van der Waals surface area contributed by atoms with E-state index in [2.05, 4.69) is 5.32 Å². The van der Waals surface area contributed by atoms with Crippen LogP contribution in [0.3, 0.4) is 0 Å². The molecule has 2 amide bonds. The second kappa shape index (κ2) is 5.94. The number of likely N-dealkylation sites (tertiary alicyclic amines) is 1. The molecule has 1 aliphatic rings. The summed E-state index contributed by atoms with van der Waals surface area (Å²) in [4.78, 5) is 24.6. The molecular weight excluding hydrogens is 256 g/mol. The number of nitrogens with one attached hydrogen (secondary N) is 1. The second-order valence-electron chi connectivity index (χ2n) is 5.38. The SMILES string of the molecule is Cc1cccc(NC(=O)N2CCC(CC(=O)O)C2)c1C. The Labute approximate surface area is 118 Å². The van der Waals surface area contributed by atoms with Crippen LogP contribution in [0, 0.1) is 19.8 Å². The molecule has 1 unspecified atom stereocenters. The minimum absolute atomic E-state index is 0.0665. The van der Waals surface area contributed by atoms with Gasteiger partial charge in [0.25, 0.3) is 0 Å². The summed E-state index contributed by atoms with van der Waals surface area (Å²) in [5.74, 6) is -0.733. The zero-order valence-corrected chi connectivity index (χ0v) is 11.8. The first-order chi connectivity index (χ1) is 9.47. The summed E-state index contributed by atoms with van der Waals surface area (Å²) in [6.45, 7) is 5.11. The predicted octanol–water partition coefficient (Wildman–Crippen LogP) is 2.63. The van der Waals surface area contributed by atoms with Crippen LogP contribution in [0.2, 0.25) is 0 Å². The monoisotopic (exact) mass is 276 g/mol. The van der Waals surface area contributed by atoms with E-state index in [4.69, 9.17) is 5.11 Å². The lowest BCUT2D eigenvalue weighted by atomic mass is 10.1. The first-order valence-electron chi connectivity index (χ1n) is 6.81. The number of rotatable bonds is 3. The van der Waals surface area contributed by atoms with Crippen molar-refractivity contribution in [1.82, 2.24) is 4.90 Å². The highest BCUT2D eigenvalue weighted by Gasteiger charge is 2.27. The molecular formula is C15H20N2O3. The number of carbonyl (C=O) groups excluding carboxylic acids is 1. The van der Waals surface area contributed by atoms with Crippen molar-refractivity contribution in [2.75, 3.05) is 18.4 Å². The normalized spacial score (nSPS) is 18.1. The molecule has 0 aromatic heterocycles. The molecule has 2 rings (SSSR count). The van der Waals surface area contributed by atoms with Gasteiger partial charge in [-0.15, -0.1) is 0 Å². The number of aliphatic carboxylic acids is 1. The van der Waals surface area contributed by atoms with Gasteiger partial charge in [0.1, 0.15) is 0 Å². The Morgan fingerprint density at radius 3 is 2.85 bits per heavy atom. The molecule has 0 radical (unpaired) electrons. The third kappa shape index (κ3) is 3.29. The van der Waals surface area contributed by atoms with Crippen LogP contribution in [-0.4, -0.2) is 35.1 Å². The third-order valence-electron chi connectivity index (χ3n) is 3.88. The molecule has 1 heterocycles. The first-order valence-corrected chi connectivity index (χ1v) is 6.81. The Morgan fingerprint density at radius 2 is 2.15 bits per heavy atom. The number of carboxylic acid groups (broad SMARTS) is 1. The number of anilines is 1. The summed E-state index contributed by atoms with van der Waals surface area (Å²) in [6, 6.07) is 5.65. The molecule has 5 nitrogen and oxygen atoms in total. The molecule has 1 aliphatic heterocycles. The molecule has 0 spiro atoms. The van der Waals surface area contributed by atoms with Crippen LogP contribution in [0.15, 0.2) is 18.2 Å². The van der Waals surface area contributed by atoms with Gasteiger partial charge in [0.05, 0.1) is 0 Å². The van der Waals surface area contributed by atoms with Gasteiger partial charge in [-0.25, -0.2) is 4.79 Å². The van der Waals surface area contributed by atoms with Gasteiger partial charge in [0.2, 0.25) is 0 Å². The number of hydrogen-bond donors (Lipinski definition) is 2. The second-order valence-corrected chi connectivity index (χ2v) is 5.38. The van der Waals surface area contributed by atoms with E-state index in [0.29, 0.717) is 13.1 Å². The molecule has 1 aromatic carbocycles. The number of carboxylic acids is 1. The lowest BCUT2D eigenvalue weighted by Gasteiger charge is -2.18. The third-order valence-corrected chi connectivity index (χ3v) is 3.88. The van der Waals surface area contributed by atoms with Crippen molar-refractivity contribution in [2.45, 2.75) is 26.7 Å². The van der Waals surface area contributed by atoms with Crippen molar-refractivity contribution in [2.24, 2.45) is 5.92 Å². The quantitative estimate of drug-likeness (QED) is 0.891. The van der Waals surface area contributed by atoms with Crippen molar-refractivity contribution < 1.29 is 14.7 Å². The van der Waals surface area contributed by atoms with Gasteiger partial charge in [-0.05, 0) is 43.4 Å². The number of benzene rings is 1. The molecule has 0 bridgehead atoms. The van der Waals surface area contributed by atoms with Gasteiger partial charge in [0, 0.05) is 25.2 Å². The smallest absolute Gasteiger partial charge is 0.321 e. The van der Waals surface area contributed by atoms with E-state index in [9.17, 15) is 9.59 Å². The van der Waals surface area contributed by atoms with Crippen molar-refractivity contribution in [3.8, 4) is 0 Å². The number of urea groups is 1. The summed E-state index contributed by atoms with van der Waals surface area (Å²) in [5, 5.41) is 11.7. The first kappa shape index (κ1) is 14.4. The summed E-state index contributed by atoms with van der Waals surface area (Å²) < 4.78 is 0. The van der Waals surface area contributed by atoms with Crippen molar-refractivity contribution in [3.05, 3.63) is 29.3 Å². The van der Waals surface area contributed by atoms with Crippen LogP contribution < -0.4 is 5.32 Å². The molecule has 5 heteroatoms. The van der Waals surface area contributed by atoms with Crippen LogP contribution in [0.5, 0.6) is 0 Å². The highest BCUT2D eigenvalue weighted by Crippen LogP contribution is 2.22. The summed E-state index contributed by atoms with van der Waals surface area (Å²) >= 11 is 0. The van der Waals surface area contributed by atoms with Gasteiger partial charge < -0.3 is 15.3 Å². The average Bonchev–Trinajstić information content (AvgIpc) is 2.82. The highest BCUT2D eigenvalue weighted by molar-refractivity contribution is 5.90. The minimum Gasteiger partial charge on any atom is -0.481 e. The zero-order chi connectivity index (χ0) is 14.7. The Hall–Kier alpha value is -2.04. The van der Waals surface area contributed by atoms with Crippen LogP contribution in [-0.2, 0) is 4.79 Å². The van der Waals surface area contributed by atoms with E-state index in [0.717, 1.165) is 23.2 Å². The standard InChI is InChI=1S/C15H20N2O3/c1-10-4-3-5-13(11(10)2)16-15(20)17-7-6-12(9-17)8-14(18)19/h3-5,12H,6-9H2,1-2H3,(H,16,20)(H,18,19). The largest absolute Gasteiger partial charge is 0.481 e. The van der Waals surface area contributed by atoms with Gasteiger partial charge in [-0.1, -0.05) is 12.1 Å². The fourth-order valence-corrected chi connectivity index (χ4v) is 2.51.